The first-order valence-corrected chi connectivity index (χ1v) is 6.67. The molecule has 1 aromatic carbocycles. The van der Waals surface area contributed by atoms with Crippen LogP contribution in [0.4, 0.5) is 0 Å². The molecule has 17 heavy (non-hydrogen) atoms. The number of hydrogen-bond donors (Lipinski definition) is 0. The molecule has 0 bridgehead atoms. The first-order chi connectivity index (χ1) is 8.20. The van der Waals surface area contributed by atoms with Gasteiger partial charge in [-0.25, -0.2) is 0 Å². The number of carbonyl (C=O) groups is 1. The van der Waals surface area contributed by atoms with Crippen LogP contribution in [-0.2, 0) is 9.53 Å². The highest BCUT2D eigenvalue weighted by Crippen LogP contribution is 2.22. The molecule has 0 aromatic heterocycles. The number of rotatable bonds is 1. The van der Waals surface area contributed by atoms with Gasteiger partial charge in [-0.15, -0.1) is 0 Å². The topological polar surface area (TPSA) is 26.3 Å². The van der Waals surface area contributed by atoms with E-state index in [4.69, 9.17) is 4.79 Å². The van der Waals surface area contributed by atoms with Gasteiger partial charge in [0, 0.05) is 4.47 Å². The van der Waals surface area contributed by atoms with Gasteiger partial charge in [0.25, 0.3) is 6.47 Å². The molecule has 1 fully saturated rings. The van der Waals surface area contributed by atoms with Crippen molar-refractivity contribution >= 4 is 22.4 Å². The monoisotopic (exact) mass is 300 g/mol. The Balaban J connectivity index is 0.000000236. The van der Waals surface area contributed by atoms with Crippen molar-refractivity contribution in [1.29, 1.82) is 0 Å². The van der Waals surface area contributed by atoms with Gasteiger partial charge in [-0.3, -0.25) is 4.79 Å². The van der Waals surface area contributed by atoms with Crippen molar-refractivity contribution in [2.75, 3.05) is 7.11 Å². The third-order valence-electron chi connectivity index (χ3n) is 2.47. The summed E-state index contributed by atoms with van der Waals surface area (Å²) in [7, 11) is 1.31. The molecule has 0 N–H and O–H groups in total. The smallest absolute Gasteiger partial charge is 0.292 e. The van der Waals surface area contributed by atoms with Gasteiger partial charge >= 0.3 is 0 Å². The van der Waals surface area contributed by atoms with Gasteiger partial charge in [0.2, 0.25) is 0 Å². The average molecular weight is 301 g/mol. The summed E-state index contributed by atoms with van der Waals surface area (Å²) in [5.74, 6) is 1.05. The van der Waals surface area contributed by atoms with Crippen LogP contribution in [0.15, 0.2) is 34.8 Å². The van der Waals surface area contributed by atoms with E-state index in [0.29, 0.717) is 6.47 Å². The van der Waals surface area contributed by atoms with Gasteiger partial charge in [0.05, 0.1) is 7.11 Å². The van der Waals surface area contributed by atoms with Gasteiger partial charge in [0.15, 0.2) is 0 Å². The maximum atomic E-state index is 8.95. The van der Waals surface area contributed by atoms with Crippen molar-refractivity contribution in [1.82, 2.24) is 0 Å². The fourth-order valence-electron chi connectivity index (χ4n) is 1.54. The summed E-state index contributed by atoms with van der Waals surface area (Å²) in [6, 6.07) is 9.97. The van der Waals surface area contributed by atoms with Crippen molar-refractivity contribution in [3.63, 3.8) is 0 Å². The van der Waals surface area contributed by atoms with E-state index in [9.17, 15) is 0 Å². The Morgan fingerprint density at radius 1 is 1.24 bits per heavy atom. The molecule has 0 unspecified atom stereocenters. The molecule has 0 heterocycles. The van der Waals surface area contributed by atoms with Crippen molar-refractivity contribution < 1.29 is 9.53 Å². The van der Waals surface area contributed by atoms with Crippen LogP contribution in [0.5, 0.6) is 0 Å². The van der Waals surface area contributed by atoms with Crippen LogP contribution in [0, 0.1) is 5.92 Å². The Hall–Kier alpha value is -0.830. The maximum Gasteiger partial charge on any atom is 0.292 e. The zero-order valence-electron chi connectivity index (χ0n) is 10.6. The molecule has 3 heteroatoms. The molecule has 0 amide bonds. The third-order valence-corrected chi connectivity index (χ3v) is 3.00. The summed E-state index contributed by atoms with van der Waals surface area (Å²) in [5.41, 5.74) is 0. The second-order valence-electron chi connectivity index (χ2n) is 4.02. The number of carbonyl (C=O) groups excluding carboxylic acids is 1. The number of benzene rings is 1. The molecular formula is C14H21BrO2. The van der Waals surface area contributed by atoms with E-state index in [1.807, 2.05) is 30.3 Å². The highest BCUT2D eigenvalue weighted by Gasteiger charge is 2.07. The average Bonchev–Trinajstić information content (AvgIpc) is 2.82. The van der Waals surface area contributed by atoms with E-state index < -0.39 is 0 Å². The molecular weight excluding hydrogens is 280 g/mol. The molecule has 0 saturated heterocycles. The first-order valence-electron chi connectivity index (χ1n) is 5.87. The van der Waals surface area contributed by atoms with Crippen LogP contribution in [0.1, 0.15) is 32.6 Å². The Kier molecular flexibility index (Phi) is 11.1. The zero-order chi connectivity index (χ0) is 12.9. The second-order valence-corrected chi connectivity index (χ2v) is 4.93. The minimum Gasteiger partial charge on any atom is -0.471 e. The summed E-state index contributed by atoms with van der Waals surface area (Å²) in [6.07, 6.45) is 5.95. The minimum atomic E-state index is 0.375. The van der Waals surface area contributed by atoms with Gasteiger partial charge in [-0.2, -0.15) is 0 Å². The van der Waals surface area contributed by atoms with Crippen molar-refractivity contribution in [2.24, 2.45) is 5.92 Å². The lowest BCUT2D eigenvalue weighted by molar-refractivity contribution is -0.126. The second kappa shape index (κ2) is 11.6. The molecule has 0 aliphatic heterocycles. The first kappa shape index (κ1) is 16.2. The molecule has 2 rings (SSSR count). The number of hydrogen-bond acceptors (Lipinski definition) is 2. The predicted molar refractivity (Wildman–Crippen MR) is 74.8 cm³/mol. The summed E-state index contributed by atoms with van der Waals surface area (Å²) in [4.78, 5) is 8.95. The quantitative estimate of drug-likeness (QED) is 0.717. The highest BCUT2D eigenvalue weighted by atomic mass is 79.9. The SMILES string of the molecule is Brc1ccccc1.CC1CCCC1.COC=O. The Labute approximate surface area is 112 Å². The summed E-state index contributed by atoms with van der Waals surface area (Å²) in [6.45, 7) is 2.72. The fraction of sp³-hybridized carbons (Fsp3) is 0.500. The van der Waals surface area contributed by atoms with Crippen LogP contribution >= 0.6 is 15.9 Å². The molecule has 1 aromatic rings. The van der Waals surface area contributed by atoms with Gasteiger partial charge in [-0.05, 0) is 18.1 Å². The van der Waals surface area contributed by atoms with Gasteiger partial charge < -0.3 is 4.74 Å². The lowest BCUT2D eigenvalue weighted by Gasteiger charge is -1.91. The number of ether oxygens (including phenoxy) is 1. The summed E-state index contributed by atoms with van der Waals surface area (Å²) >= 11 is 3.31. The van der Waals surface area contributed by atoms with Crippen molar-refractivity contribution in [3.05, 3.63) is 34.8 Å². The van der Waals surface area contributed by atoms with Crippen molar-refractivity contribution in [2.45, 2.75) is 32.6 Å². The highest BCUT2D eigenvalue weighted by molar-refractivity contribution is 9.10. The third kappa shape index (κ3) is 11.4. The maximum absolute atomic E-state index is 8.95. The molecule has 0 spiro atoms. The zero-order valence-corrected chi connectivity index (χ0v) is 12.2. The Bertz CT molecular complexity index is 269. The normalized spacial score (nSPS) is 13.8. The molecule has 0 atom stereocenters. The Morgan fingerprint density at radius 3 is 1.88 bits per heavy atom. The molecule has 96 valence electrons. The van der Waals surface area contributed by atoms with E-state index in [0.717, 1.165) is 10.4 Å². The largest absolute Gasteiger partial charge is 0.471 e. The molecule has 2 nitrogen and oxygen atoms in total. The fourth-order valence-corrected chi connectivity index (χ4v) is 1.85. The van der Waals surface area contributed by atoms with E-state index in [1.165, 1.54) is 32.8 Å². The standard InChI is InChI=1S/C6H5Br.C6H12.C2H4O2/c7-6-4-2-1-3-5-6;1-6-4-2-3-5-6;1-4-2-3/h1-5H;6H,2-5H2,1H3;2H,1H3. The number of halogens is 1. The summed E-state index contributed by atoms with van der Waals surface area (Å²) < 4.78 is 5.00. The molecule has 0 radical (unpaired) electrons. The number of methoxy groups -OCH3 is 1. The van der Waals surface area contributed by atoms with Crippen LogP contribution in [0.2, 0.25) is 0 Å². The molecule has 1 aliphatic rings. The van der Waals surface area contributed by atoms with E-state index in [-0.39, 0.29) is 0 Å². The van der Waals surface area contributed by atoms with Crippen LogP contribution < -0.4 is 0 Å². The Morgan fingerprint density at radius 2 is 1.71 bits per heavy atom. The minimum absolute atomic E-state index is 0.375. The van der Waals surface area contributed by atoms with Gasteiger partial charge in [-0.1, -0.05) is 66.7 Å². The predicted octanol–water partition coefficient (Wildman–Crippen LogP) is 4.43. The van der Waals surface area contributed by atoms with E-state index >= 15 is 0 Å². The molecule has 1 aliphatic carbocycles. The van der Waals surface area contributed by atoms with Crippen LogP contribution in [0.3, 0.4) is 0 Å². The van der Waals surface area contributed by atoms with Crippen LogP contribution in [-0.4, -0.2) is 13.6 Å². The van der Waals surface area contributed by atoms with E-state index in [2.05, 4.69) is 27.6 Å². The summed E-state index contributed by atoms with van der Waals surface area (Å²) in [5, 5.41) is 0. The van der Waals surface area contributed by atoms with Crippen molar-refractivity contribution in [3.8, 4) is 0 Å². The molecule has 1 saturated carbocycles. The lowest BCUT2D eigenvalue weighted by Crippen LogP contribution is -1.78. The van der Waals surface area contributed by atoms with Crippen LogP contribution in [0.25, 0.3) is 0 Å². The van der Waals surface area contributed by atoms with E-state index in [1.54, 1.807) is 0 Å². The lowest BCUT2D eigenvalue weighted by atomic mass is 10.2. The van der Waals surface area contributed by atoms with Gasteiger partial charge in [0.1, 0.15) is 0 Å².